The van der Waals surface area contributed by atoms with Gasteiger partial charge >= 0.3 is 0 Å². The molecule has 0 spiro atoms. The molecule has 15 heavy (non-hydrogen) atoms. The Balaban J connectivity index is 2.16. The number of ether oxygens (including phenoxy) is 1. The molecule has 0 unspecified atom stereocenters. The van der Waals surface area contributed by atoms with E-state index in [0.29, 0.717) is 30.1 Å². The van der Waals surface area contributed by atoms with E-state index >= 15 is 0 Å². The number of fused-ring (bicyclic) bond motifs is 1. The minimum Gasteiger partial charge on any atom is -0.438 e. The molecule has 0 atom stereocenters. The summed E-state index contributed by atoms with van der Waals surface area (Å²) < 4.78 is 23.2. The highest BCUT2D eigenvalue weighted by molar-refractivity contribution is 5.72. The zero-order valence-electron chi connectivity index (χ0n) is 8.07. The maximum Gasteiger partial charge on any atom is 0.221 e. The van der Waals surface area contributed by atoms with Gasteiger partial charge in [0.15, 0.2) is 5.58 Å². The lowest BCUT2D eigenvalue weighted by Gasteiger charge is -1.96. The Morgan fingerprint density at radius 3 is 3.13 bits per heavy atom. The van der Waals surface area contributed by atoms with Crippen LogP contribution in [0.1, 0.15) is 5.89 Å². The molecule has 0 saturated carbocycles. The van der Waals surface area contributed by atoms with E-state index in [9.17, 15) is 4.39 Å². The van der Waals surface area contributed by atoms with Gasteiger partial charge in [-0.25, -0.2) is 9.37 Å². The molecular weight excluding hydrogens is 199 g/mol. The molecule has 2 N–H and O–H groups in total. The van der Waals surface area contributed by atoms with Gasteiger partial charge in [0.2, 0.25) is 5.89 Å². The Hall–Kier alpha value is -1.46. The molecule has 2 rings (SSSR count). The number of rotatable bonds is 4. The second kappa shape index (κ2) is 4.37. The molecular formula is C10H11FN2O2. The minimum absolute atomic E-state index is 0.257. The SMILES string of the molecule is NCCOCc1nc2ccc(F)cc2o1. The van der Waals surface area contributed by atoms with Crippen molar-refractivity contribution >= 4 is 11.1 Å². The molecule has 1 aromatic heterocycles. The van der Waals surface area contributed by atoms with E-state index in [1.165, 1.54) is 12.1 Å². The van der Waals surface area contributed by atoms with Crippen LogP contribution in [0.3, 0.4) is 0 Å². The third-order valence-electron chi connectivity index (χ3n) is 1.88. The molecule has 0 aliphatic carbocycles. The van der Waals surface area contributed by atoms with Crippen LogP contribution in [0.15, 0.2) is 22.6 Å². The highest BCUT2D eigenvalue weighted by Gasteiger charge is 2.06. The average molecular weight is 210 g/mol. The van der Waals surface area contributed by atoms with E-state index in [1.807, 2.05) is 0 Å². The third kappa shape index (κ3) is 2.31. The number of aromatic nitrogens is 1. The number of benzene rings is 1. The third-order valence-corrected chi connectivity index (χ3v) is 1.88. The van der Waals surface area contributed by atoms with Crippen molar-refractivity contribution < 1.29 is 13.5 Å². The molecule has 0 saturated heterocycles. The summed E-state index contributed by atoms with van der Waals surface area (Å²) in [6.07, 6.45) is 0. The molecule has 1 aromatic carbocycles. The van der Waals surface area contributed by atoms with Crippen LogP contribution in [0, 0.1) is 5.82 Å². The van der Waals surface area contributed by atoms with Crippen LogP contribution in [0.25, 0.3) is 11.1 Å². The lowest BCUT2D eigenvalue weighted by atomic mass is 10.3. The van der Waals surface area contributed by atoms with Crippen LogP contribution in [-0.4, -0.2) is 18.1 Å². The van der Waals surface area contributed by atoms with Crippen LogP contribution in [0.4, 0.5) is 4.39 Å². The zero-order chi connectivity index (χ0) is 10.7. The summed E-state index contributed by atoms with van der Waals surface area (Å²) in [7, 11) is 0. The normalized spacial score (nSPS) is 11.1. The maximum atomic E-state index is 12.8. The number of oxazole rings is 1. The number of hydrogen-bond acceptors (Lipinski definition) is 4. The van der Waals surface area contributed by atoms with Crippen molar-refractivity contribution in [3.05, 3.63) is 29.9 Å². The fourth-order valence-corrected chi connectivity index (χ4v) is 1.25. The van der Waals surface area contributed by atoms with Crippen LogP contribution in [-0.2, 0) is 11.3 Å². The lowest BCUT2D eigenvalue weighted by molar-refractivity contribution is 0.110. The molecule has 0 fully saturated rings. The molecule has 2 aromatic rings. The quantitative estimate of drug-likeness (QED) is 0.776. The van der Waals surface area contributed by atoms with Crippen LogP contribution in [0.5, 0.6) is 0 Å². The maximum absolute atomic E-state index is 12.8. The average Bonchev–Trinajstić information content (AvgIpc) is 2.60. The summed E-state index contributed by atoms with van der Waals surface area (Å²) in [5, 5.41) is 0. The van der Waals surface area contributed by atoms with E-state index in [0.717, 1.165) is 0 Å². The summed E-state index contributed by atoms with van der Waals surface area (Å²) >= 11 is 0. The van der Waals surface area contributed by atoms with Gasteiger partial charge in [0.05, 0.1) is 6.61 Å². The first-order valence-electron chi connectivity index (χ1n) is 4.62. The van der Waals surface area contributed by atoms with Crippen molar-refractivity contribution in [3.63, 3.8) is 0 Å². The Labute approximate surface area is 85.8 Å². The Kier molecular flexibility index (Phi) is 2.94. The number of nitrogens with two attached hydrogens (primary N) is 1. The Morgan fingerprint density at radius 1 is 1.47 bits per heavy atom. The number of hydrogen-bond donors (Lipinski definition) is 1. The van der Waals surface area contributed by atoms with Crippen LogP contribution < -0.4 is 5.73 Å². The molecule has 1 heterocycles. The van der Waals surface area contributed by atoms with Gasteiger partial charge in [-0.15, -0.1) is 0 Å². The zero-order valence-corrected chi connectivity index (χ0v) is 8.07. The Bertz CT molecular complexity index is 456. The fraction of sp³-hybridized carbons (Fsp3) is 0.300. The fourth-order valence-electron chi connectivity index (χ4n) is 1.25. The van der Waals surface area contributed by atoms with E-state index in [-0.39, 0.29) is 12.4 Å². The van der Waals surface area contributed by atoms with Crippen molar-refractivity contribution in [1.29, 1.82) is 0 Å². The predicted octanol–water partition coefficient (Wildman–Crippen LogP) is 1.44. The first-order chi connectivity index (χ1) is 7.29. The van der Waals surface area contributed by atoms with Gasteiger partial charge in [0, 0.05) is 12.6 Å². The summed E-state index contributed by atoms with van der Waals surface area (Å²) in [6, 6.07) is 4.21. The van der Waals surface area contributed by atoms with E-state index < -0.39 is 0 Å². The van der Waals surface area contributed by atoms with Gasteiger partial charge in [-0.1, -0.05) is 0 Å². The lowest BCUT2D eigenvalue weighted by Crippen LogP contribution is -2.08. The molecule has 80 valence electrons. The molecule has 0 aliphatic rings. The van der Waals surface area contributed by atoms with E-state index in [1.54, 1.807) is 6.07 Å². The highest BCUT2D eigenvalue weighted by Crippen LogP contribution is 2.16. The van der Waals surface area contributed by atoms with Crippen molar-refractivity contribution in [2.45, 2.75) is 6.61 Å². The topological polar surface area (TPSA) is 61.3 Å². The van der Waals surface area contributed by atoms with Crippen molar-refractivity contribution in [2.75, 3.05) is 13.2 Å². The second-order valence-corrected chi connectivity index (χ2v) is 3.06. The van der Waals surface area contributed by atoms with Gasteiger partial charge in [-0.2, -0.15) is 0 Å². The largest absolute Gasteiger partial charge is 0.438 e. The number of halogens is 1. The number of nitrogens with zero attached hydrogens (tertiary/aromatic N) is 1. The van der Waals surface area contributed by atoms with Crippen molar-refractivity contribution in [2.24, 2.45) is 5.73 Å². The molecule has 0 amide bonds. The van der Waals surface area contributed by atoms with Gasteiger partial charge < -0.3 is 14.9 Å². The molecule has 0 aliphatic heterocycles. The van der Waals surface area contributed by atoms with Crippen LogP contribution in [0.2, 0.25) is 0 Å². The predicted molar refractivity (Wildman–Crippen MR) is 52.7 cm³/mol. The van der Waals surface area contributed by atoms with Crippen molar-refractivity contribution in [1.82, 2.24) is 4.98 Å². The standard InChI is InChI=1S/C10H11FN2O2/c11-7-1-2-8-9(5-7)15-10(13-8)6-14-4-3-12/h1-2,5H,3-4,6,12H2. The monoisotopic (exact) mass is 210 g/mol. The van der Waals surface area contributed by atoms with Gasteiger partial charge in [0.25, 0.3) is 0 Å². The highest BCUT2D eigenvalue weighted by atomic mass is 19.1. The summed E-state index contributed by atoms with van der Waals surface area (Å²) in [4.78, 5) is 4.13. The van der Waals surface area contributed by atoms with Gasteiger partial charge in [0.1, 0.15) is 17.9 Å². The van der Waals surface area contributed by atoms with Crippen molar-refractivity contribution in [3.8, 4) is 0 Å². The summed E-state index contributed by atoms with van der Waals surface area (Å²) in [5.41, 5.74) is 6.32. The molecule has 5 heteroatoms. The second-order valence-electron chi connectivity index (χ2n) is 3.06. The van der Waals surface area contributed by atoms with Gasteiger partial charge in [-0.3, -0.25) is 0 Å². The smallest absolute Gasteiger partial charge is 0.221 e. The van der Waals surface area contributed by atoms with E-state index in [2.05, 4.69) is 4.98 Å². The molecule has 0 bridgehead atoms. The van der Waals surface area contributed by atoms with Gasteiger partial charge in [-0.05, 0) is 12.1 Å². The van der Waals surface area contributed by atoms with E-state index in [4.69, 9.17) is 14.9 Å². The summed E-state index contributed by atoms with van der Waals surface area (Å²) in [5.74, 6) is 0.0946. The molecule has 4 nitrogen and oxygen atoms in total. The van der Waals surface area contributed by atoms with Crippen LogP contribution >= 0.6 is 0 Å². The first-order valence-corrected chi connectivity index (χ1v) is 4.62. The molecule has 0 radical (unpaired) electrons. The minimum atomic E-state index is -0.340. The Morgan fingerprint density at radius 2 is 2.33 bits per heavy atom. The first kappa shape index (κ1) is 10.1. The summed E-state index contributed by atoms with van der Waals surface area (Å²) in [6.45, 7) is 1.16.